The predicted molar refractivity (Wildman–Crippen MR) is 86.0 cm³/mol. The molecule has 1 atom stereocenters. The van der Waals surface area contributed by atoms with Crippen LogP contribution in [0.1, 0.15) is 30.4 Å². The van der Waals surface area contributed by atoms with Gasteiger partial charge in [0.05, 0.1) is 12.3 Å². The molecule has 2 aliphatic rings. The van der Waals surface area contributed by atoms with Crippen molar-refractivity contribution in [3.63, 3.8) is 0 Å². The molecule has 6 nitrogen and oxygen atoms in total. The normalized spacial score (nSPS) is 20.1. The molecule has 0 radical (unpaired) electrons. The first kappa shape index (κ1) is 15.5. The van der Waals surface area contributed by atoms with Crippen molar-refractivity contribution in [1.29, 1.82) is 0 Å². The summed E-state index contributed by atoms with van der Waals surface area (Å²) in [5.41, 5.74) is 2.89. The van der Waals surface area contributed by atoms with Crippen LogP contribution in [0.3, 0.4) is 0 Å². The van der Waals surface area contributed by atoms with Gasteiger partial charge in [0.15, 0.2) is 0 Å². The number of benzene rings is 1. The summed E-state index contributed by atoms with van der Waals surface area (Å²) in [6, 6.07) is 7.93. The fourth-order valence-electron chi connectivity index (χ4n) is 2.79. The third kappa shape index (κ3) is 3.70. The Morgan fingerprint density at radius 3 is 2.65 bits per heavy atom. The molecular formula is C17H21N3O3. The number of carbonyl (C=O) groups is 2. The average Bonchev–Trinajstić information content (AvgIpc) is 3.24. The van der Waals surface area contributed by atoms with E-state index >= 15 is 0 Å². The Bertz CT molecular complexity index is 618. The topological polar surface area (TPSA) is 71.0 Å². The fourth-order valence-corrected chi connectivity index (χ4v) is 2.79. The molecule has 2 amide bonds. The SMILES string of the molecule is Cc1ccc(C2=NOC(C(=O)NCC(=O)N3CCCC3)C2)cc1. The summed E-state index contributed by atoms with van der Waals surface area (Å²) in [5, 5.41) is 6.66. The van der Waals surface area contributed by atoms with Crippen molar-refractivity contribution in [2.75, 3.05) is 19.6 Å². The Hall–Kier alpha value is -2.37. The smallest absolute Gasteiger partial charge is 0.264 e. The molecule has 0 spiro atoms. The van der Waals surface area contributed by atoms with E-state index < -0.39 is 6.10 Å². The van der Waals surface area contributed by atoms with E-state index in [9.17, 15) is 9.59 Å². The number of rotatable bonds is 4. The minimum atomic E-state index is -0.655. The van der Waals surface area contributed by atoms with Crippen molar-refractivity contribution >= 4 is 17.5 Å². The van der Waals surface area contributed by atoms with E-state index in [0.717, 1.165) is 37.2 Å². The Kier molecular flexibility index (Phi) is 4.60. The lowest BCUT2D eigenvalue weighted by molar-refractivity contribution is -0.136. The number of nitrogens with one attached hydrogen (secondary N) is 1. The highest BCUT2D eigenvalue weighted by Gasteiger charge is 2.29. The number of carbonyl (C=O) groups excluding carboxylic acids is 2. The monoisotopic (exact) mass is 315 g/mol. The zero-order valence-corrected chi connectivity index (χ0v) is 13.2. The highest BCUT2D eigenvalue weighted by Crippen LogP contribution is 2.17. The Morgan fingerprint density at radius 2 is 1.96 bits per heavy atom. The molecule has 0 saturated carbocycles. The first-order valence-electron chi connectivity index (χ1n) is 7.99. The predicted octanol–water partition coefficient (Wildman–Crippen LogP) is 1.23. The van der Waals surface area contributed by atoms with Crippen LogP contribution in [0, 0.1) is 6.92 Å². The molecule has 1 unspecified atom stereocenters. The van der Waals surface area contributed by atoms with Gasteiger partial charge in [-0.1, -0.05) is 35.0 Å². The zero-order chi connectivity index (χ0) is 16.2. The molecule has 122 valence electrons. The summed E-state index contributed by atoms with van der Waals surface area (Å²) in [5.74, 6) is -0.322. The van der Waals surface area contributed by atoms with Gasteiger partial charge in [-0.3, -0.25) is 9.59 Å². The lowest BCUT2D eigenvalue weighted by Gasteiger charge is -2.16. The molecule has 6 heteroatoms. The molecule has 0 aliphatic carbocycles. The Labute approximate surface area is 135 Å². The van der Waals surface area contributed by atoms with Crippen molar-refractivity contribution in [3.05, 3.63) is 35.4 Å². The van der Waals surface area contributed by atoms with Crippen molar-refractivity contribution in [2.24, 2.45) is 5.16 Å². The number of amides is 2. The maximum Gasteiger partial charge on any atom is 0.264 e. The van der Waals surface area contributed by atoms with Gasteiger partial charge < -0.3 is 15.1 Å². The molecule has 0 aromatic heterocycles. The first-order chi connectivity index (χ1) is 11.1. The van der Waals surface area contributed by atoms with Gasteiger partial charge in [-0.05, 0) is 25.3 Å². The molecule has 2 heterocycles. The molecule has 1 saturated heterocycles. The molecule has 2 aliphatic heterocycles. The van der Waals surface area contributed by atoms with Gasteiger partial charge in [0.1, 0.15) is 0 Å². The minimum Gasteiger partial charge on any atom is -0.382 e. The molecule has 23 heavy (non-hydrogen) atoms. The van der Waals surface area contributed by atoms with Crippen molar-refractivity contribution < 1.29 is 14.4 Å². The van der Waals surface area contributed by atoms with Crippen molar-refractivity contribution in [1.82, 2.24) is 10.2 Å². The van der Waals surface area contributed by atoms with Gasteiger partial charge in [0.2, 0.25) is 12.0 Å². The van der Waals surface area contributed by atoms with Gasteiger partial charge in [0, 0.05) is 19.5 Å². The highest BCUT2D eigenvalue weighted by molar-refractivity contribution is 6.04. The van der Waals surface area contributed by atoms with Gasteiger partial charge in [-0.25, -0.2) is 0 Å². The van der Waals surface area contributed by atoms with E-state index in [-0.39, 0.29) is 18.4 Å². The second kappa shape index (κ2) is 6.81. The second-order valence-corrected chi connectivity index (χ2v) is 6.01. The number of oxime groups is 1. The van der Waals surface area contributed by atoms with E-state index in [1.807, 2.05) is 31.2 Å². The molecule has 1 aromatic carbocycles. The van der Waals surface area contributed by atoms with Gasteiger partial charge in [0.25, 0.3) is 5.91 Å². The number of hydrogen-bond acceptors (Lipinski definition) is 4. The largest absolute Gasteiger partial charge is 0.382 e. The number of nitrogens with zero attached hydrogens (tertiary/aromatic N) is 2. The van der Waals surface area contributed by atoms with Crippen LogP contribution in [-0.2, 0) is 14.4 Å². The molecule has 1 aromatic rings. The summed E-state index contributed by atoms with van der Waals surface area (Å²) < 4.78 is 0. The molecular weight excluding hydrogens is 294 g/mol. The fraction of sp³-hybridized carbons (Fsp3) is 0.471. The van der Waals surface area contributed by atoms with Crippen LogP contribution in [0.2, 0.25) is 0 Å². The summed E-state index contributed by atoms with van der Waals surface area (Å²) >= 11 is 0. The number of aryl methyl sites for hydroxylation is 1. The highest BCUT2D eigenvalue weighted by atomic mass is 16.6. The molecule has 1 fully saturated rings. The first-order valence-corrected chi connectivity index (χ1v) is 7.99. The average molecular weight is 315 g/mol. The van der Waals surface area contributed by atoms with Crippen LogP contribution in [0.4, 0.5) is 0 Å². The van der Waals surface area contributed by atoms with Crippen LogP contribution >= 0.6 is 0 Å². The maximum atomic E-state index is 12.1. The van der Waals surface area contributed by atoms with Crippen molar-refractivity contribution in [2.45, 2.75) is 32.3 Å². The number of likely N-dealkylation sites (tertiary alicyclic amines) is 1. The minimum absolute atomic E-state index is 0.0263. The van der Waals surface area contributed by atoms with Crippen LogP contribution < -0.4 is 5.32 Å². The van der Waals surface area contributed by atoms with Crippen LogP contribution in [0.25, 0.3) is 0 Å². The summed E-state index contributed by atoms with van der Waals surface area (Å²) in [6.45, 7) is 3.62. The Balaban J connectivity index is 1.48. The maximum absolute atomic E-state index is 12.1. The van der Waals surface area contributed by atoms with Crippen LogP contribution in [-0.4, -0.2) is 48.2 Å². The molecule has 1 N–H and O–H groups in total. The van der Waals surface area contributed by atoms with E-state index in [1.54, 1.807) is 4.90 Å². The van der Waals surface area contributed by atoms with Gasteiger partial charge >= 0.3 is 0 Å². The van der Waals surface area contributed by atoms with Crippen molar-refractivity contribution in [3.8, 4) is 0 Å². The van der Waals surface area contributed by atoms with E-state index in [0.29, 0.717) is 6.42 Å². The zero-order valence-electron chi connectivity index (χ0n) is 13.2. The third-order valence-electron chi connectivity index (χ3n) is 4.22. The molecule has 0 bridgehead atoms. The quantitative estimate of drug-likeness (QED) is 0.908. The van der Waals surface area contributed by atoms with Gasteiger partial charge in [-0.15, -0.1) is 0 Å². The second-order valence-electron chi connectivity index (χ2n) is 6.01. The van der Waals surface area contributed by atoms with E-state index in [2.05, 4.69) is 10.5 Å². The number of hydrogen-bond donors (Lipinski definition) is 1. The molecule has 3 rings (SSSR count). The van der Waals surface area contributed by atoms with E-state index in [1.165, 1.54) is 5.56 Å². The summed E-state index contributed by atoms with van der Waals surface area (Å²) in [7, 11) is 0. The summed E-state index contributed by atoms with van der Waals surface area (Å²) in [4.78, 5) is 31.0. The lowest BCUT2D eigenvalue weighted by Crippen LogP contribution is -2.42. The summed E-state index contributed by atoms with van der Waals surface area (Å²) in [6.07, 6.45) is 1.85. The third-order valence-corrected chi connectivity index (χ3v) is 4.22. The standard InChI is InChI=1S/C17H21N3O3/c1-12-4-6-13(7-5-12)14-10-15(23-19-14)17(22)18-11-16(21)20-8-2-3-9-20/h4-7,15H,2-3,8-11H2,1H3,(H,18,22). The van der Waals surface area contributed by atoms with Crippen LogP contribution in [0.5, 0.6) is 0 Å². The van der Waals surface area contributed by atoms with E-state index in [4.69, 9.17) is 4.84 Å². The Morgan fingerprint density at radius 1 is 1.26 bits per heavy atom. The van der Waals surface area contributed by atoms with Crippen LogP contribution in [0.15, 0.2) is 29.4 Å². The van der Waals surface area contributed by atoms with Gasteiger partial charge in [-0.2, -0.15) is 0 Å². The lowest BCUT2D eigenvalue weighted by atomic mass is 10.0.